The van der Waals surface area contributed by atoms with Crippen molar-refractivity contribution in [1.29, 1.82) is 0 Å². The maximum atomic E-state index is 6.59. The van der Waals surface area contributed by atoms with Gasteiger partial charge in [-0.3, -0.25) is 4.99 Å². The highest BCUT2D eigenvalue weighted by Gasteiger charge is 2.26. The summed E-state index contributed by atoms with van der Waals surface area (Å²) in [5.74, 6) is 0. The van der Waals surface area contributed by atoms with E-state index in [1.165, 1.54) is 47.5 Å². The van der Waals surface area contributed by atoms with Gasteiger partial charge in [-0.05, 0) is 96.3 Å². The number of nitrogens with one attached hydrogen (secondary N) is 1. The largest absolute Gasteiger partial charge is 0.456 e. The number of hydrogen-bond acceptors (Lipinski definition) is 5. The smallest absolute Gasteiger partial charge is 0.177 e. The Kier molecular flexibility index (Phi) is 6.71. The van der Waals surface area contributed by atoms with E-state index in [0.717, 1.165) is 84.6 Å². The molecule has 0 bridgehead atoms. The first kappa shape index (κ1) is 32.0. The van der Waals surface area contributed by atoms with Gasteiger partial charge in [0.15, 0.2) is 5.42 Å². The van der Waals surface area contributed by atoms with E-state index >= 15 is 0 Å². The molecule has 0 fully saturated rings. The SMILES string of the molecule is C1=CC(C2=c3oc4ccccc4c3=NC(c3cccc4oc5ccc(-c6cccc7sc8ccc(-n9c%10ccccc%10c%10ccccc%109)cc8c67)cc5c34)N2)=CCC1. The van der Waals surface area contributed by atoms with E-state index in [-0.39, 0.29) is 6.17 Å². The first-order valence-corrected chi connectivity index (χ1v) is 20.7. The summed E-state index contributed by atoms with van der Waals surface area (Å²) in [6.07, 6.45) is 8.41. The second-order valence-corrected chi connectivity index (χ2v) is 16.4. The number of aromatic nitrogens is 1. The highest BCUT2D eigenvalue weighted by molar-refractivity contribution is 7.26. The average Bonchev–Trinajstić information content (AvgIpc) is 4.05. The van der Waals surface area contributed by atoms with E-state index in [1.807, 2.05) is 23.5 Å². The number of thiophene rings is 1. The Balaban J connectivity index is 0.999. The number of hydrogen-bond donors (Lipinski definition) is 1. The summed E-state index contributed by atoms with van der Waals surface area (Å²) in [6, 6.07) is 52.3. The van der Waals surface area contributed by atoms with Gasteiger partial charge in [-0.1, -0.05) is 97.1 Å². The van der Waals surface area contributed by atoms with Gasteiger partial charge in [-0.25, -0.2) is 0 Å². The lowest BCUT2D eigenvalue weighted by Gasteiger charge is -2.23. The fourth-order valence-electron chi connectivity index (χ4n) is 9.50. The Labute approximate surface area is 335 Å². The van der Waals surface area contributed by atoms with Crippen molar-refractivity contribution in [3.63, 3.8) is 0 Å². The van der Waals surface area contributed by atoms with Crippen LogP contribution in [0.2, 0.25) is 0 Å². The van der Waals surface area contributed by atoms with Gasteiger partial charge in [0.2, 0.25) is 0 Å². The summed E-state index contributed by atoms with van der Waals surface area (Å²) in [6.45, 7) is 0. The number of allylic oxidation sites excluding steroid dienone is 2. The molecule has 1 unspecified atom stereocenters. The molecule has 1 aliphatic heterocycles. The summed E-state index contributed by atoms with van der Waals surface area (Å²) in [5, 5.41) is 12.9. The topological polar surface area (TPSA) is 55.6 Å². The molecule has 11 aromatic rings. The zero-order chi connectivity index (χ0) is 37.9. The van der Waals surface area contributed by atoms with Crippen LogP contribution >= 0.6 is 11.3 Å². The molecule has 58 heavy (non-hydrogen) atoms. The van der Waals surface area contributed by atoms with E-state index in [9.17, 15) is 0 Å². The monoisotopic (exact) mass is 763 g/mol. The molecule has 7 aromatic carbocycles. The summed E-state index contributed by atoms with van der Waals surface area (Å²) in [5.41, 5.74) is 12.5. The van der Waals surface area contributed by atoms with Gasteiger partial charge in [0.25, 0.3) is 0 Å². The summed E-state index contributed by atoms with van der Waals surface area (Å²) >= 11 is 1.85. The quantitative estimate of drug-likeness (QED) is 0.194. The van der Waals surface area contributed by atoms with Crippen molar-refractivity contribution in [2.75, 3.05) is 0 Å². The number of rotatable bonds is 4. The molecule has 0 saturated heterocycles. The molecule has 13 rings (SSSR count). The van der Waals surface area contributed by atoms with E-state index in [4.69, 9.17) is 13.8 Å². The molecule has 1 atom stereocenters. The summed E-state index contributed by atoms with van der Waals surface area (Å²) in [7, 11) is 0. The predicted molar refractivity (Wildman–Crippen MR) is 239 cm³/mol. The van der Waals surface area contributed by atoms with Crippen molar-refractivity contribution < 1.29 is 8.83 Å². The second-order valence-electron chi connectivity index (χ2n) is 15.3. The fourth-order valence-corrected chi connectivity index (χ4v) is 10.6. The minimum Gasteiger partial charge on any atom is -0.456 e. The number of furan rings is 2. The number of nitrogens with zero attached hydrogens (tertiary/aromatic N) is 2. The van der Waals surface area contributed by atoms with Crippen LogP contribution in [-0.4, -0.2) is 4.57 Å². The predicted octanol–water partition coefficient (Wildman–Crippen LogP) is 12.8. The Bertz CT molecular complexity index is 3690. The van der Waals surface area contributed by atoms with Gasteiger partial charge in [-0.2, -0.15) is 0 Å². The highest BCUT2D eigenvalue weighted by atomic mass is 32.1. The first-order chi connectivity index (χ1) is 28.7. The molecule has 0 saturated carbocycles. The molecule has 1 aliphatic carbocycles. The average molecular weight is 764 g/mol. The molecule has 6 heteroatoms. The van der Waals surface area contributed by atoms with Crippen LogP contribution in [0.4, 0.5) is 0 Å². The molecule has 5 heterocycles. The molecular formula is C52H33N3O2S. The summed E-state index contributed by atoms with van der Waals surface area (Å²) < 4.78 is 18.0. The fraction of sp³-hybridized carbons (Fsp3) is 0.0577. The van der Waals surface area contributed by atoms with Gasteiger partial charge in [0, 0.05) is 58.4 Å². The lowest BCUT2D eigenvalue weighted by Crippen LogP contribution is -2.38. The van der Waals surface area contributed by atoms with Crippen LogP contribution in [0.3, 0.4) is 0 Å². The van der Waals surface area contributed by atoms with Crippen LogP contribution in [0.15, 0.2) is 183 Å². The molecule has 274 valence electrons. The van der Waals surface area contributed by atoms with Crippen molar-refractivity contribution >= 4 is 91.9 Å². The number of benzene rings is 7. The van der Waals surface area contributed by atoms with Gasteiger partial charge in [-0.15, -0.1) is 11.3 Å². The molecule has 0 amide bonds. The van der Waals surface area contributed by atoms with Crippen LogP contribution in [-0.2, 0) is 0 Å². The van der Waals surface area contributed by atoms with Gasteiger partial charge < -0.3 is 18.7 Å². The maximum Gasteiger partial charge on any atom is 0.177 e. The van der Waals surface area contributed by atoms with Crippen LogP contribution in [0.25, 0.3) is 97.4 Å². The molecular weight excluding hydrogens is 731 g/mol. The van der Waals surface area contributed by atoms with Crippen molar-refractivity contribution in [1.82, 2.24) is 9.88 Å². The van der Waals surface area contributed by atoms with E-state index in [0.29, 0.717) is 0 Å². The van der Waals surface area contributed by atoms with Gasteiger partial charge in [0.05, 0.1) is 16.7 Å². The minimum absolute atomic E-state index is 0.351. The molecule has 0 radical (unpaired) electrons. The minimum atomic E-state index is -0.351. The zero-order valence-corrected chi connectivity index (χ0v) is 32.0. The standard InChI is InChI=1S/C52H33N3O2S/c1-2-12-30(13-3-1)49-51-50(36-16-6-9-21-42(36)57-51)54-52(53-49)37-18-10-22-44-47(37)38-28-31(24-26-43(38)56-44)33-17-11-23-46-48(33)39-29-32(25-27-45(39)58-46)55-40-19-7-4-14-34(40)35-15-5-8-20-41(35)55/h2,4-29,52-53H,1,3H2. The van der Waals surface area contributed by atoms with Crippen LogP contribution in [0.1, 0.15) is 24.6 Å². The Hall–Kier alpha value is -7.15. The van der Waals surface area contributed by atoms with Crippen molar-refractivity contribution in [2.24, 2.45) is 4.99 Å². The normalized spacial score (nSPS) is 15.6. The molecule has 2 aliphatic rings. The highest BCUT2D eigenvalue weighted by Crippen LogP contribution is 2.44. The third kappa shape index (κ3) is 4.60. The van der Waals surface area contributed by atoms with Gasteiger partial charge >= 0.3 is 0 Å². The number of fused-ring (bicyclic) bond motifs is 12. The summed E-state index contributed by atoms with van der Waals surface area (Å²) in [4.78, 5) is 5.38. The van der Waals surface area contributed by atoms with Crippen molar-refractivity contribution in [3.8, 4) is 16.8 Å². The van der Waals surface area contributed by atoms with Crippen LogP contribution in [0.5, 0.6) is 0 Å². The van der Waals surface area contributed by atoms with Crippen molar-refractivity contribution in [3.05, 3.63) is 186 Å². The van der Waals surface area contributed by atoms with E-state index in [1.54, 1.807) is 0 Å². The lowest BCUT2D eigenvalue weighted by atomic mass is 9.96. The Morgan fingerprint density at radius 1 is 0.603 bits per heavy atom. The van der Waals surface area contributed by atoms with E-state index in [2.05, 4.69) is 162 Å². The van der Waals surface area contributed by atoms with Gasteiger partial charge in [0.1, 0.15) is 28.3 Å². The Morgan fingerprint density at radius 3 is 2.22 bits per heavy atom. The third-order valence-corrected chi connectivity index (χ3v) is 13.2. The molecule has 5 nitrogen and oxygen atoms in total. The van der Waals surface area contributed by atoms with E-state index < -0.39 is 0 Å². The van der Waals surface area contributed by atoms with Crippen LogP contribution in [0, 0.1) is 0 Å². The van der Waals surface area contributed by atoms with Crippen molar-refractivity contribution in [2.45, 2.75) is 19.0 Å². The van der Waals surface area contributed by atoms with Crippen LogP contribution < -0.4 is 16.1 Å². The third-order valence-electron chi connectivity index (χ3n) is 12.1. The molecule has 0 spiro atoms. The first-order valence-electron chi connectivity index (χ1n) is 19.9. The molecule has 4 aromatic heterocycles. The maximum absolute atomic E-state index is 6.59. The zero-order valence-electron chi connectivity index (χ0n) is 31.2. The lowest BCUT2D eigenvalue weighted by molar-refractivity contribution is 0.536. The molecule has 1 N–H and O–H groups in total. The Morgan fingerprint density at radius 2 is 1.38 bits per heavy atom. The number of para-hydroxylation sites is 3. The second kappa shape index (κ2) is 12.2.